The Morgan fingerprint density at radius 1 is 0.968 bits per heavy atom. The van der Waals surface area contributed by atoms with Crippen LogP contribution in [0, 0.1) is 5.82 Å². The number of rotatable bonds is 3. The second-order valence-corrected chi connectivity index (χ2v) is 9.26. The number of amides is 1. The molecule has 3 aromatic rings. The quantitative estimate of drug-likeness (QED) is 0.612. The number of nitrogens with zero attached hydrogens (tertiary/aromatic N) is 4. The fraction of sp³-hybridized carbons (Fsp3) is 0.286. The van der Waals surface area contributed by atoms with E-state index in [2.05, 4.69) is 5.10 Å². The molecule has 0 unspecified atom stereocenters. The maximum atomic E-state index is 13.2. The van der Waals surface area contributed by atoms with Crippen molar-refractivity contribution in [3.63, 3.8) is 0 Å². The van der Waals surface area contributed by atoms with Gasteiger partial charge in [0.2, 0.25) is 10.0 Å². The maximum Gasteiger partial charge on any atom is 0.274 e. The van der Waals surface area contributed by atoms with Crippen molar-refractivity contribution in [1.29, 1.82) is 0 Å². The van der Waals surface area contributed by atoms with Crippen LogP contribution in [-0.4, -0.2) is 59.5 Å². The minimum absolute atomic E-state index is 0.0133. The molecule has 162 valence electrons. The van der Waals surface area contributed by atoms with Crippen molar-refractivity contribution in [3.05, 3.63) is 70.4 Å². The Morgan fingerprint density at radius 2 is 1.65 bits per heavy atom. The molecule has 2 aromatic carbocycles. The third-order valence-electron chi connectivity index (χ3n) is 5.35. The molecule has 0 radical (unpaired) electrons. The van der Waals surface area contributed by atoms with E-state index in [4.69, 9.17) is 0 Å². The predicted molar refractivity (Wildman–Crippen MR) is 113 cm³/mol. The summed E-state index contributed by atoms with van der Waals surface area (Å²) in [6.07, 6.45) is 0.440. The number of carbonyl (C=O) groups excluding carboxylic acids is 1. The van der Waals surface area contributed by atoms with Crippen LogP contribution in [-0.2, 0) is 17.1 Å². The Hall–Kier alpha value is -3.11. The molecule has 8 nitrogen and oxygen atoms in total. The largest absolute Gasteiger partial charge is 0.336 e. The van der Waals surface area contributed by atoms with Gasteiger partial charge < -0.3 is 4.90 Å². The van der Waals surface area contributed by atoms with Crippen LogP contribution in [0.15, 0.2) is 58.2 Å². The average molecular weight is 444 g/mol. The zero-order chi connectivity index (χ0) is 22.2. The van der Waals surface area contributed by atoms with Crippen LogP contribution in [0.3, 0.4) is 0 Å². The molecule has 0 N–H and O–H groups in total. The number of hydrogen-bond acceptors (Lipinski definition) is 5. The first-order valence-corrected chi connectivity index (χ1v) is 11.2. The van der Waals surface area contributed by atoms with Crippen LogP contribution in [0.2, 0.25) is 0 Å². The normalized spacial score (nSPS) is 15.7. The van der Waals surface area contributed by atoms with Gasteiger partial charge in [-0.3, -0.25) is 9.59 Å². The van der Waals surface area contributed by atoms with E-state index < -0.39 is 15.8 Å². The summed E-state index contributed by atoms with van der Waals surface area (Å²) in [6.45, 7) is 0.880. The van der Waals surface area contributed by atoms with Gasteiger partial charge in [0.15, 0.2) is 5.69 Å². The standard InChI is InChI=1S/C21H21FN4O4S/c1-24-20(27)18-6-3-2-5-17(18)19(23-24)21(28)25-11-4-12-26(14-13-25)31(29,30)16-9-7-15(22)8-10-16/h2-3,5-10H,4,11-14H2,1H3. The number of aryl methyl sites for hydroxylation is 1. The maximum absolute atomic E-state index is 13.2. The van der Waals surface area contributed by atoms with Gasteiger partial charge in [-0.05, 0) is 36.8 Å². The number of halogens is 1. The minimum Gasteiger partial charge on any atom is -0.336 e. The topological polar surface area (TPSA) is 92.6 Å². The molecule has 1 aliphatic heterocycles. The minimum atomic E-state index is -3.80. The fourth-order valence-electron chi connectivity index (χ4n) is 3.70. The number of benzene rings is 2. The van der Waals surface area contributed by atoms with Crippen molar-refractivity contribution >= 4 is 26.7 Å². The first kappa shape index (κ1) is 21.1. The van der Waals surface area contributed by atoms with Crippen molar-refractivity contribution < 1.29 is 17.6 Å². The molecule has 31 heavy (non-hydrogen) atoms. The van der Waals surface area contributed by atoms with E-state index in [1.165, 1.54) is 23.5 Å². The molecular weight excluding hydrogens is 423 g/mol. The van der Waals surface area contributed by atoms with E-state index in [1.54, 1.807) is 29.2 Å². The van der Waals surface area contributed by atoms with Gasteiger partial charge in [0.05, 0.1) is 10.3 Å². The summed E-state index contributed by atoms with van der Waals surface area (Å²) < 4.78 is 41.4. The van der Waals surface area contributed by atoms with Crippen molar-refractivity contribution in [3.8, 4) is 0 Å². The summed E-state index contributed by atoms with van der Waals surface area (Å²) in [6, 6.07) is 11.5. The highest BCUT2D eigenvalue weighted by Gasteiger charge is 2.29. The van der Waals surface area contributed by atoms with Crippen molar-refractivity contribution in [1.82, 2.24) is 19.0 Å². The smallest absolute Gasteiger partial charge is 0.274 e. The van der Waals surface area contributed by atoms with Crippen LogP contribution in [0.4, 0.5) is 4.39 Å². The third kappa shape index (κ3) is 3.96. The Labute approximate surface area is 178 Å². The number of aromatic nitrogens is 2. The van der Waals surface area contributed by atoms with E-state index in [-0.39, 0.29) is 41.7 Å². The Balaban J connectivity index is 1.59. The van der Waals surface area contributed by atoms with Gasteiger partial charge in [-0.1, -0.05) is 18.2 Å². The van der Waals surface area contributed by atoms with Crippen molar-refractivity contribution in [2.24, 2.45) is 7.05 Å². The van der Waals surface area contributed by atoms with Crippen LogP contribution in [0.25, 0.3) is 10.8 Å². The van der Waals surface area contributed by atoms with Gasteiger partial charge in [0, 0.05) is 38.6 Å². The molecule has 2 heterocycles. The predicted octanol–water partition coefficient (Wildman–Crippen LogP) is 1.61. The molecule has 0 atom stereocenters. The van der Waals surface area contributed by atoms with Gasteiger partial charge in [-0.15, -0.1) is 0 Å². The number of sulfonamides is 1. The lowest BCUT2D eigenvalue weighted by atomic mass is 10.1. The number of fused-ring (bicyclic) bond motifs is 1. The highest BCUT2D eigenvalue weighted by molar-refractivity contribution is 7.89. The Kier molecular flexibility index (Phi) is 5.59. The SMILES string of the molecule is Cn1nc(C(=O)N2CCCN(S(=O)(=O)c3ccc(F)cc3)CC2)c2ccccc2c1=O. The van der Waals surface area contributed by atoms with E-state index in [1.807, 2.05) is 0 Å². The second kappa shape index (κ2) is 8.20. The molecule has 0 aliphatic carbocycles. The monoisotopic (exact) mass is 444 g/mol. The summed E-state index contributed by atoms with van der Waals surface area (Å²) >= 11 is 0. The molecule has 1 saturated heterocycles. The summed E-state index contributed by atoms with van der Waals surface area (Å²) in [5.41, 5.74) is -0.132. The van der Waals surface area contributed by atoms with Crippen LogP contribution in [0.1, 0.15) is 16.9 Å². The first-order chi connectivity index (χ1) is 14.8. The zero-order valence-electron chi connectivity index (χ0n) is 16.9. The molecule has 1 fully saturated rings. The van der Waals surface area contributed by atoms with Gasteiger partial charge in [-0.2, -0.15) is 9.40 Å². The van der Waals surface area contributed by atoms with Crippen LogP contribution in [0.5, 0.6) is 0 Å². The van der Waals surface area contributed by atoms with Gasteiger partial charge in [0.1, 0.15) is 5.82 Å². The lowest BCUT2D eigenvalue weighted by Crippen LogP contribution is -2.38. The van der Waals surface area contributed by atoms with Crippen LogP contribution >= 0.6 is 0 Å². The third-order valence-corrected chi connectivity index (χ3v) is 7.27. The van der Waals surface area contributed by atoms with Crippen LogP contribution < -0.4 is 5.56 Å². The summed E-state index contributed by atoms with van der Waals surface area (Å²) in [7, 11) is -2.30. The lowest BCUT2D eigenvalue weighted by molar-refractivity contribution is 0.0758. The molecule has 1 aliphatic rings. The first-order valence-electron chi connectivity index (χ1n) is 9.80. The Bertz CT molecular complexity index is 1310. The highest BCUT2D eigenvalue weighted by Crippen LogP contribution is 2.20. The number of carbonyl (C=O) groups is 1. The molecule has 1 amide bonds. The second-order valence-electron chi connectivity index (χ2n) is 7.33. The molecule has 0 saturated carbocycles. The van der Waals surface area contributed by atoms with E-state index >= 15 is 0 Å². The highest BCUT2D eigenvalue weighted by atomic mass is 32.2. The Morgan fingerprint density at radius 3 is 2.35 bits per heavy atom. The summed E-state index contributed by atoms with van der Waals surface area (Å²) in [5.74, 6) is -0.864. The molecule has 4 rings (SSSR count). The van der Waals surface area contributed by atoms with E-state index in [0.29, 0.717) is 23.7 Å². The summed E-state index contributed by atoms with van der Waals surface area (Å²) in [4.78, 5) is 27.1. The van der Waals surface area contributed by atoms with Gasteiger partial charge >= 0.3 is 0 Å². The molecule has 0 bridgehead atoms. The van der Waals surface area contributed by atoms with Crippen molar-refractivity contribution in [2.45, 2.75) is 11.3 Å². The van der Waals surface area contributed by atoms with E-state index in [9.17, 15) is 22.4 Å². The fourth-order valence-corrected chi connectivity index (χ4v) is 5.17. The molecule has 10 heteroatoms. The number of hydrogen-bond donors (Lipinski definition) is 0. The van der Waals surface area contributed by atoms with Gasteiger partial charge in [0.25, 0.3) is 11.5 Å². The molecular formula is C21H21FN4O4S. The zero-order valence-corrected chi connectivity index (χ0v) is 17.7. The lowest BCUT2D eigenvalue weighted by Gasteiger charge is -2.22. The summed E-state index contributed by atoms with van der Waals surface area (Å²) in [5, 5.41) is 5.05. The van der Waals surface area contributed by atoms with Crippen molar-refractivity contribution in [2.75, 3.05) is 26.2 Å². The average Bonchev–Trinajstić information content (AvgIpc) is 3.03. The molecule has 0 spiro atoms. The van der Waals surface area contributed by atoms with Gasteiger partial charge in [-0.25, -0.2) is 17.5 Å². The molecule has 1 aromatic heterocycles. The van der Waals surface area contributed by atoms with E-state index in [0.717, 1.165) is 16.8 Å².